The lowest BCUT2D eigenvalue weighted by molar-refractivity contribution is 0.0600. The van der Waals surface area contributed by atoms with E-state index >= 15 is 0 Å². The SMILES string of the molecule is COC(=O)c1ccc(NS(=O)(=O)c2c(-c3ccc(N4CCCCC4)cc3)sc(C(=O)Nc3ccc(N4CCCCC4)cc3)c2C)cc1. The number of hydrogen-bond donors (Lipinski definition) is 2. The molecule has 2 N–H and O–H groups in total. The Morgan fingerprint density at radius 2 is 1.23 bits per heavy atom. The lowest BCUT2D eigenvalue weighted by Crippen LogP contribution is -2.29. The topological polar surface area (TPSA) is 108 Å². The summed E-state index contributed by atoms with van der Waals surface area (Å²) in [6.07, 6.45) is 7.15. The van der Waals surface area contributed by atoms with Crippen LogP contribution in [0.2, 0.25) is 0 Å². The average molecular weight is 673 g/mol. The molecular weight excluding hydrogens is 633 g/mol. The van der Waals surface area contributed by atoms with E-state index < -0.39 is 16.0 Å². The minimum Gasteiger partial charge on any atom is -0.465 e. The molecule has 2 saturated heterocycles. The van der Waals surface area contributed by atoms with Crippen molar-refractivity contribution in [3.63, 3.8) is 0 Å². The summed E-state index contributed by atoms with van der Waals surface area (Å²) in [5.41, 5.74) is 4.54. The van der Waals surface area contributed by atoms with Gasteiger partial charge in [0.15, 0.2) is 0 Å². The number of nitrogens with zero attached hydrogens (tertiary/aromatic N) is 2. The summed E-state index contributed by atoms with van der Waals surface area (Å²) in [5, 5.41) is 2.98. The van der Waals surface area contributed by atoms with E-state index in [1.54, 1.807) is 6.92 Å². The summed E-state index contributed by atoms with van der Waals surface area (Å²) >= 11 is 1.17. The third-order valence-corrected chi connectivity index (χ3v) is 11.8. The van der Waals surface area contributed by atoms with E-state index in [9.17, 15) is 18.0 Å². The van der Waals surface area contributed by atoms with E-state index in [1.165, 1.54) is 68.4 Å². The standard InChI is InChI=1S/C36H40N4O5S2/c1-25-32(35(41)37-28-15-19-31(20-16-28)40-23-7-4-8-24-40)46-33(26-11-17-30(18-12-26)39-21-5-3-6-22-39)34(25)47(43,44)38-29-13-9-27(10-14-29)36(42)45-2/h9-20,38H,3-8,21-24H2,1-2H3,(H,37,41). The second-order valence-electron chi connectivity index (χ2n) is 12.0. The zero-order valence-electron chi connectivity index (χ0n) is 26.8. The van der Waals surface area contributed by atoms with Gasteiger partial charge in [0.2, 0.25) is 0 Å². The monoisotopic (exact) mass is 672 g/mol. The summed E-state index contributed by atoms with van der Waals surface area (Å²) in [7, 11) is -2.86. The molecule has 2 aliphatic heterocycles. The van der Waals surface area contributed by atoms with Crippen LogP contribution >= 0.6 is 11.3 Å². The second-order valence-corrected chi connectivity index (χ2v) is 14.7. The second kappa shape index (κ2) is 14.2. The van der Waals surface area contributed by atoms with E-state index in [4.69, 9.17) is 4.74 Å². The zero-order chi connectivity index (χ0) is 33.0. The highest BCUT2D eigenvalue weighted by molar-refractivity contribution is 7.93. The Bertz CT molecular complexity index is 1820. The largest absolute Gasteiger partial charge is 0.465 e. The first-order chi connectivity index (χ1) is 22.7. The van der Waals surface area contributed by atoms with Gasteiger partial charge in [-0.1, -0.05) is 12.1 Å². The molecule has 11 heteroatoms. The molecule has 0 saturated carbocycles. The molecule has 0 atom stereocenters. The van der Waals surface area contributed by atoms with Crippen LogP contribution in [0.25, 0.3) is 10.4 Å². The molecule has 0 spiro atoms. The van der Waals surface area contributed by atoms with Crippen LogP contribution in [0.3, 0.4) is 0 Å². The van der Waals surface area contributed by atoms with E-state index in [-0.39, 0.29) is 16.5 Å². The third kappa shape index (κ3) is 7.31. The first-order valence-corrected chi connectivity index (χ1v) is 18.4. The number of carbonyl (C=O) groups is 2. The van der Waals surface area contributed by atoms with Crippen LogP contribution in [0.4, 0.5) is 22.7 Å². The van der Waals surface area contributed by atoms with Gasteiger partial charge in [0, 0.05) is 48.9 Å². The number of hydrogen-bond acceptors (Lipinski definition) is 8. The number of anilines is 4. The maximum absolute atomic E-state index is 14.0. The summed E-state index contributed by atoms with van der Waals surface area (Å²) < 4.78 is 35.5. The lowest BCUT2D eigenvalue weighted by atomic mass is 10.1. The number of methoxy groups -OCH3 is 1. The van der Waals surface area contributed by atoms with Crippen LogP contribution in [0.1, 0.15) is 64.1 Å². The Kier molecular flexibility index (Phi) is 9.84. The minimum atomic E-state index is -4.15. The van der Waals surface area contributed by atoms with Gasteiger partial charge in [-0.25, -0.2) is 13.2 Å². The van der Waals surface area contributed by atoms with Crippen molar-refractivity contribution < 1.29 is 22.7 Å². The fourth-order valence-electron chi connectivity index (χ4n) is 6.30. The van der Waals surface area contributed by atoms with Gasteiger partial charge in [0.05, 0.1) is 22.4 Å². The minimum absolute atomic E-state index is 0.0517. The average Bonchev–Trinajstić information content (AvgIpc) is 3.47. The number of esters is 1. The van der Waals surface area contributed by atoms with Crippen LogP contribution in [0.15, 0.2) is 77.7 Å². The lowest BCUT2D eigenvalue weighted by Gasteiger charge is -2.28. The molecule has 3 aromatic carbocycles. The fourth-order valence-corrected chi connectivity index (χ4v) is 9.34. The van der Waals surface area contributed by atoms with Gasteiger partial charge in [0.1, 0.15) is 4.90 Å². The highest BCUT2D eigenvalue weighted by Crippen LogP contribution is 2.41. The molecule has 2 aliphatic rings. The number of amides is 1. The Hall–Kier alpha value is -4.35. The Morgan fingerprint density at radius 3 is 1.77 bits per heavy atom. The zero-order valence-corrected chi connectivity index (χ0v) is 28.4. The molecule has 0 aliphatic carbocycles. The van der Waals surface area contributed by atoms with Crippen molar-refractivity contribution in [3.05, 3.63) is 88.8 Å². The first kappa shape index (κ1) is 32.6. The number of thiophene rings is 1. The van der Waals surface area contributed by atoms with Crippen LogP contribution in [0.5, 0.6) is 0 Å². The molecule has 1 amide bonds. The van der Waals surface area contributed by atoms with Gasteiger partial charge in [-0.2, -0.15) is 0 Å². The van der Waals surface area contributed by atoms with Crippen LogP contribution in [0, 0.1) is 6.92 Å². The van der Waals surface area contributed by atoms with Crippen molar-refractivity contribution in [2.75, 3.05) is 53.1 Å². The van der Waals surface area contributed by atoms with Crippen molar-refractivity contribution in [3.8, 4) is 10.4 Å². The highest BCUT2D eigenvalue weighted by Gasteiger charge is 2.30. The van der Waals surface area contributed by atoms with Crippen LogP contribution < -0.4 is 19.8 Å². The number of benzene rings is 3. The van der Waals surface area contributed by atoms with E-state index in [2.05, 4.69) is 19.8 Å². The fraction of sp³-hybridized carbons (Fsp3) is 0.333. The normalized spacial score (nSPS) is 15.3. The van der Waals surface area contributed by atoms with Crippen molar-refractivity contribution >= 4 is 56.0 Å². The summed E-state index contributed by atoms with van der Waals surface area (Å²) in [6.45, 7) is 5.73. The van der Waals surface area contributed by atoms with Crippen molar-refractivity contribution in [1.29, 1.82) is 0 Å². The van der Waals surface area contributed by atoms with Crippen LogP contribution in [-0.4, -0.2) is 53.6 Å². The molecule has 0 bridgehead atoms. The number of ether oxygens (including phenoxy) is 1. The maximum Gasteiger partial charge on any atom is 0.337 e. The number of carbonyl (C=O) groups excluding carboxylic acids is 2. The van der Waals surface area contributed by atoms with E-state index in [1.807, 2.05) is 48.5 Å². The van der Waals surface area contributed by atoms with E-state index in [0.29, 0.717) is 32.1 Å². The van der Waals surface area contributed by atoms with Gasteiger partial charge >= 0.3 is 5.97 Å². The third-order valence-electron chi connectivity index (χ3n) is 8.82. The molecule has 246 valence electrons. The van der Waals surface area contributed by atoms with Crippen molar-refractivity contribution in [2.24, 2.45) is 0 Å². The van der Waals surface area contributed by atoms with Crippen molar-refractivity contribution in [2.45, 2.75) is 50.3 Å². The number of sulfonamides is 1. The summed E-state index contributed by atoms with van der Waals surface area (Å²) in [5.74, 6) is -0.881. The predicted molar refractivity (Wildman–Crippen MR) is 190 cm³/mol. The maximum atomic E-state index is 14.0. The summed E-state index contributed by atoms with van der Waals surface area (Å²) in [6, 6.07) is 21.7. The molecular formula is C36H40N4O5S2. The molecule has 3 heterocycles. The molecule has 6 rings (SSSR count). The molecule has 0 unspecified atom stereocenters. The number of piperidine rings is 2. The molecule has 4 aromatic rings. The van der Waals surface area contributed by atoms with Crippen LogP contribution in [-0.2, 0) is 14.8 Å². The molecule has 2 fully saturated rings. The van der Waals surface area contributed by atoms with Crippen molar-refractivity contribution in [1.82, 2.24) is 0 Å². The quantitative estimate of drug-likeness (QED) is 0.177. The smallest absolute Gasteiger partial charge is 0.337 e. The van der Waals surface area contributed by atoms with Gasteiger partial charge < -0.3 is 19.9 Å². The molecule has 0 radical (unpaired) electrons. The Morgan fingerprint density at radius 1 is 0.723 bits per heavy atom. The molecule has 9 nitrogen and oxygen atoms in total. The Labute approximate surface area is 280 Å². The molecule has 47 heavy (non-hydrogen) atoms. The number of rotatable bonds is 9. The van der Waals surface area contributed by atoms with E-state index in [0.717, 1.165) is 50.4 Å². The van der Waals surface area contributed by atoms with Gasteiger partial charge in [0.25, 0.3) is 15.9 Å². The Balaban J connectivity index is 1.31. The summed E-state index contributed by atoms with van der Waals surface area (Å²) in [4.78, 5) is 31.2. The molecule has 1 aromatic heterocycles. The highest BCUT2D eigenvalue weighted by atomic mass is 32.2. The predicted octanol–water partition coefficient (Wildman–Crippen LogP) is 7.54. The number of nitrogens with one attached hydrogen (secondary N) is 2. The van der Waals surface area contributed by atoms with Gasteiger partial charge in [-0.05, 0) is 117 Å². The van der Waals surface area contributed by atoms with Gasteiger partial charge in [-0.3, -0.25) is 9.52 Å². The van der Waals surface area contributed by atoms with Gasteiger partial charge in [-0.15, -0.1) is 11.3 Å². The first-order valence-electron chi connectivity index (χ1n) is 16.1.